The number of hydrogen-bond acceptors (Lipinski definition) is 3. The highest BCUT2D eigenvalue weighted by Crippen LogP contribution is 2.34. The van der Waals surface area contributed by atoms with Crippen LogP contribution in [0.2, 0.25) is 5.02 Å². The summed E-state index contributed by atoms with van der Waals surface area (Å²) in [5, 5.41) is 6.69. The fourth-order valence-corrected chi connectivity index (χ4v) is 5.08. The van der Waals surface area contributed by atoms with Crippen LogP contribution in [0.4, 0.5) is 4.39 Å². The minimum absolute atomic E-state index is 0.0720. The second-order valence-corrected chi connectivity index (χ2v) is 10.5. The molecule has 198 valence electrons. The van der Waals surface area contributed by atoms with Crippen LogP contribution in [-0.4, -0.2) is 12.1 Å². The van der Waals surface area contributed by atoms with Gasteiger partial charge in [0.2, 0.25) is 0 Å². The molecule has 0 saturated heterocycles. The van der Waals surface area contributed by atoms with Gasteiger partial charge in [-0.2, -0.15) is 0 Å². The first-order chi connectivity index (χ1) is 18.2. The monoisotopic (exact) mass is 531 g/mol. The molecule has 1 unspecified atom stereocenters. The summed E-state index contributed by atoms with van der Waals surface area (Å²) in [4.78, 5) is 12.2. The van der Waals surface area contributed by atoms with Crippen molar-refractivity contribution in [1.82, 2.24) is 5.32 Å². The zero-order valence-corrected chi connectivity index (χ0v) is 23.2. The Balaban J connectivity index is 1.67. The van der Waals surface area contributed by atoms with Crippen LogP contribution in [0, 0.1) is 0 Å². The first-order valence-electron chi connectivity index (χ1n) is 13.2. The number of carbonyl (C=O) groups excluding carboxylic acids is 1. The molecular weight excluding hydrogens is 497 g/mol. The largest absolute Gasteiger partial charge is 0.463 e. The zero-order valence-electron chi connectivity index (χ0n) is 22.4. The molecule has 0 aliphatic heterocycles. The maximum Gasteiger partial charge on any atom is 0.306 e. The fraction of sp³-hybridized carbons (Fsp3) is 0.303. The first kappa shape index (κ1) is 27.8. The van der Waals surface area contributed by atoms with Crippen molar-refractivity contribution in [3.05, 3.63) is 106 Å². The molecule has 4 aromatic carbocycles. The van der Waals surface area contributed by atoms with Crippen molar-refractivity contribution >= 4 is 28.3 Å². The topological polar surface area (TPSA) is 38.3 Å². The highest BCUT2D eigenvalue weighted by molar-refractivity contribution is 6.30. The van der Waals surface area contributed by atoms with Gasteiger partial charge in [-0.3, -0.25) is 4.79 Å². The average molecular weight is 532 g/mol. The Kier molecular flexibility index (Phi) is 9.19. The Morgan fingerprint density at radius 2 is 1.63 bits per heavy atom. The van der Waals surface area contributed by atoms with E-state index in [1.807, 2.05) is 62.4 Å². The number of aryl methyl sites for hydroxylation is 1. The van der Waals surface area contributed by atoms with Crippen LogP contribution in [0.3, 0.4) is 0 Å². The number of nitrogens with one attached hydrogen (secondary N) is 1. The zero-order chi connectivity index (χ0) is 27.2. The van der Waals surface area contributed by atoms with Gasteiger partial charge in [0, 0.05) is 23.5 Å². The summed E-state index contributed by atoms with van der Waals surface area (Å²) in [6.07, 6.45) is 0.490. The molecule has 0 radical (unpaired) electrons. The van der Waals surface area contributed by atoms with E-state index in [4.69, 9.17) is 16.3 Å². The molecule has 2 atom stereocenters. The van der Waals surface area contributed by atoms with Crippen molar-refractivity contribution in [2.45, 2.75) is 65.4 Å². The predicted octanol–water partition coefficient (Wildman–Crippen LogP) is 8.93. The third-order valence-corrected chi connectivity index (χ3v) is 7.09. The van der Waals surface area contributed by atoms with Crippen molar-refractivity contribution < 1.29 is 13.9 Å². The fourth-order valence-electron chi connectivity index (χ4n) is 4.88. The van der Waals surface area contributed by atoms with E-state index in [9.17, 15) is 9.18 Å². The number of hydrogen-bond donors (Lipinski definition) is 1. The Labute approximate surface area is 230 Å². The molecule has 0 bridgehead atoms. The number of rotatable bonds is 10. The van der Waals surface area contributed by atoms with Crippen molar-refractivity contribution in [2.24, 2.45) is 0 Å². The van der Waals surface area contributed by atoms with Gasteiger partial charge in [0.1, 0.15) is 6.67 Å². The lowest BCUT2D eigenvalue weighted by atomic mass is 9.91. The second kappa shape index (κ2) is 12.6. The molecule has 38 heavy (non-hydrogen) atoms. The second-order valence-electron chi connectivity index (χ2n) is 10.1. The van der Waals surface area contributed by atoms with E-state index in [0.29, 0.717) is 12.0 Å². The van der Waals surface area contributed by atoms with E-state index in [2.05, 4.69) is 49.5 Å². The molecule has 0 amide bonds. The molecule has 4 aromatic rings. The number of ether oxygens (including phenoxy) is 1. The molecule has 0 saturated carbocycles. The number of alkyl halides is 1. The van der Waals surface area contributed by atoms with Crippen molar-refractivity contribution in [1.29, 1.82) is 0 Å². The Hall–Kier alpha value is -3.21. The lowest BCUT2D eigenvalue weighted by Crippen LogP contribution is -2.22. The van der Waals surface area contributed by atoms with E-state index in [1.54, 1.807) is 0 Å². The number of halogens is 2. The molecule has 5 heteroatoms. The Morgan fingerprint density at radius 3 is 2.37 bits per heavy atom. The molecule has 4 rings (SSSR count). The third kappa shape index (κ3) is 6.80. The number of carbonyl (C=O) groups is 1. The predicted molar refractivity (Wildman–Crippen MR) is 155 cm³/mol. The van der Waals surface area contributed by atoms with Crippen LogP contribution in [-0.2, 0) is 22.6 Å². The molecular formula is C33H35ClFNO2. The molecule has 0 spiro atoms. The van der Waals surface area contributed by atoms with Crippen LogP contribution < -0.4 is 5.32 Å². The molecule has 0 aliphatic rings. The molecule has 3 nitrogen and oxygen atoms in total. The molecule has 0 heterocycles. The van der Waals surface area contributed by atoms with Crippen molar-refractivity contribution in [3.8, 4) is 11.1 Å². The molecule has 0 fully saturated rings. The van der Waals surface area contributed by atoms with E-state index in [0.717, 1.165) is 43.6 Å². The van der Waals surface area contributed by atoms with Gasteiger partial charge >= 0.3 is 5.97 Å². The summed E-state index contributed by atoms with van der Waals surface area (Å²) in [6.45, 7) is 7.38. The summed E-state index contributed by atoms with van der Waals surface area (Å²) in [5.74, 6) is -0.267. The lowest BCUT2D eigenvalue weighted by Gasteiger charge is -2.22. The number of fused-ring (bicyclic) bond motifs is 1. The number of benzene rings is 4. The van der Waals surface area contributed by atoms with Gasteiger partial charge < -0.3 is 10.1 Å². The minimum Gasteiger partial charge on any atom is -0.463 e. The van der Waals surface area contributed by atoms with Gasteiger partial charge in [0.05, 0.1) is 6.10 Å². The van der Waals surface area contributed by atoms with Crippen LogP contribution in [0.25, 0.3) is 21.9 Å². The van der Waals surface area contributed by atoms with Gasteiger partial charge in [-0.05, 0) is 103 Å². The number of esters is 1. The van der Waals surface area contributed by atoms with Crippen LogP contribution in [0.15, 0.2) is 78.9 Å². The van der Waals surface area contributed by atoms with Crippen LogP contribution >= 0.6 is 11.6 Å². The summed E-state index contributed by atoms with van der Waals surface area (Å²) < 4.78 is 19.1. The summed E-state index contributed by atoms with van der Waals surface area (Å²) in [5.41, 5.74) is 5.82. The minimum atomic E-state index is -0.571. The summed E-state index contributed by atoms with van der Waals surface area (Å²) in [6, 6.07) is 26.7. The highest BCUT2D eigenvalue weighted by atomic mass is 35.5. The van der Waals surface area contributed by atoms with E-state index < -0.39 is 6.67 Å². The van der Waals surface area contributed by atoms with Crippen LogP contribution in [0.1, 0.15) is 68.5 Å². The van der Waals surface area contributed by atoms with Crippen molar-refractivity contribution in [2.75, 3.05) is 0 Å². The standard InChI is InChI=1S/C33H35ClFNO2/c1-21(2)38-33(37)15-14-25-16-27(12-13-28(25)20-35)32-19-29(17-26-8-5-6-11-31(26)32)23(4)36-22(3)24-9-7-10-30(34)18-24/h5-13,16-19,21-23,36H,14-15,20H2,1-4H3/t22-,23?/m1/s1. The van der Waals surface area contributed by atoms with Crippen molar-refractivity contribution in [3.63, 3.8) is 0 Å². The lowest BCUT2D eigenvalue weighted by molar-refractivity contribution is -0.147. The first-order valence-corrected chi connectivity index (χ1v) is 13.5. The van der Waals surface area contributed by atoms with Gasteiger partial charge in [-0.15, -0.1) is 0 Å². The maximum atomic E-state index is 13.8. The quantitative estimate of drug-likeness (QED) is 0.207. The van der Waals surface area contributed by atoms with E-state index >= 15 is 0 Å². The highest BCUT2D eigenvalue weighted by Gasteiger charge is 2.16. The van der Waals surface area contributed by atoms with Gasteiger partial charge in [0.25, 0.3) is 0 Å². The Bertz CT molecular complexity index is 1420. The average Bonchev–Trinajstić information content (AvgIpc) is 2.90. The Morgan fingerprint density at radius 1 is 0.868 bits per heavy atom. The smallest absolute Gasteiger partial charge is 0.306 e. The maximum absolute atomic E-state index is 13.8. The van der Waals surface area contributed by atoms with Gasteiger partial charge in [-0.25, -0.2) is 4.39 Å². The molecule has 0 aromatic heterocycles. The van der Waals surface area contributed by atoms with E-state index in [1.165, 1.54) is 0 Å². The van der Waals surface area contributed by atoms with Gasteiger partial charge in [0.15, 0.2) is 0 Å². The van der Waals surface area contributed by atoms with Gasteiger partial charge in [-0.1, -0.05) is 66.2 Å². The normalized spacial score (nSPS) is 13.0. The molecule has 0 aliphatic carbocycles. The SMILES string of the molecule is CC(C)OC(=O)CCc1cc(-c2cc(C(C)N[C@H](C)c3cccc(Cl)c3)cc3ccccc23)ccc1CF. The van der Waals surface area contributed by atoms with E-state index in [-0.39, 0.29) is 30.6 Å². The van der Waals surface area contributed by atoms with Crippen LogP contribution in [0.5, 0.6) is 0 Å². The molecule has 1 N–H and O–H groups in total. The summed E-state index contributed by atoms with van der Waals surface area (Å²) >= 11 is 6.22. The summed E-state index contributed by atoms with van der Waals surface area (Å²) in [7, 11) is 0. The third-order valence-electron chi connectivity index (χ3n) is 6.86.